The third kappa shape index (κ3) is 3.49. The maximum absolute atomic E-state index is 12.2. The molecule has 0 bridgehead atoms. The number of hydrogen-bond donors (Lipinski definition) is 3. The molecular formula is C12H12BrN3O4S. The number of aromatic amines is 1. The summed E-state index contributed by atoms with van der Waals surface area (Å²) in [6.45, 7) is 1.66. The third-order valence-corrected chi connectivity index (χ3v) is 4.79. The van der Waals surface area contributed by atoms with Crippen molar-refractivity contribution in [3.63, 3.8) is 0 Å². The van der Waals surface area contributed by atoms with Crippen LogP contribution in [0.5, 0.6) is 0 Å². The van der Waals surface area contributed by atoms with Crippen LogP contribution in [0.1, 0.15) is 28.9 Å². The van der Waals surface area contributed by atoms with Crippen molar-refractivity contribution in [1.82, 2.24) is 14.9 Å². The zero-order valence-corrected chi connectivity index (χ0v) is 13.3. The summed E-state index contributed by atoms with van der Waals surface area (Å²) in [5.41, 5.74) is 0.341. The Morgan fingerprint density at radius 2 is 2.19 bits per heavy atom. The summed E-state index contributed by atoms with van der Waals surface area (Å²) in [6.07, 6.45) is 0.959. The molecule has 1 aromatic heterocycles. The fourth-order valence-corrected chi connectivity index (χ4v) is 3.51. The highest BCUT2D eigenvalue weighted by Crippen LogP contribution is 2.20. The van der Waals surface area contributed by atoms with Crippen molar-refractivity contribution in [2.24, 2.45) is 0 Å². The highest BCUT2D eigenvalue weighted by atomic mass is 79.9. The van der Waals surface area contributed by atoms with E-state index >= 15 is 0 Å². The summed E-state index contributed by atoms with van der Waals surface area (Å²) in [4.78, 5) is 11.0. The highest BCUT2D eigenvalue weighted by molar-refractivity contribution is 9.10. The molecule has 2 aromatic rings. The summed E-state index contributed by atoms with van der Waals surface area (Å²) < 4.78 is 27.7. The van der Waals surface area contributed by atoms with E-state index in [0.29, 0.717) is 0 Å². The monoisotopic (exact) mass is 373 g/mol. The first-order chi connectivity index (χ1) is 9.81. The van der Waals surface area contributed by atoms with Gasteiger partial charge >= 0.3 is 5.97 Å². The summed E-state index contributed by atoms with van der Waals surface area (Å²) in [5.74, 6) is -1.36. The van der Waals surface area contributed by atoms with Crippen molar-refractivity contribution in [2.75, 3.05) is 0 Å². The molecule has 112 valence electrons. The molecule has 0 spiro atoms. The lowest BCUT2D eigenvalue weighted by Crippen LogP contribution is -2.28. The third-order valence-electron chi connectivity index (χ3n) is 2.78. The normalized spacial score (nSPS) is 13.0. The number of hydrogen-bond acceptors (Lipinski definition) is 4. The first-order valence-corrected chi connectivity index (χ1v) is 8.13. The lowest BCUT2D eigenvalue weighted by molar-refractivity contribution is 0.0692. The van der Waals surface area contributed by atoms with E-state index in [4.69, 9.17) is 5.11 Å². The van der Waals surface area contributed by atoms with E-state index in [1.165, 1.54) is 0 Å². The number of rotatable bonds is 5. The van der Waals surface area contributed by atoms with Gasteiger partial charge in [0.1, 0.15) is 5.56 Å². The molecule has 0 saturated heterocycles. The summed E-state index contributed by atoms with van der Waals surface area (Å²) in [5, 5.41) is 14.2. The first-order valence-electron chi connectivity index (χ1n) is 5.85. The van der Waals surface area contributed by atoms with Crippen LogP contribution >= 0.6 is 15.9 Å². The molecule has 0 amide bonds. The van der Waals surface area contributed by atoms with Gasteiger partial charge in [-0.25, -0.2) is 17.9 Å². The number of benzene rings is 1. The van der Waals surface area contributed by atoms with Gasteiger partial charge in [-0.15, -0.1) is 0 Å². The molecule has 9 heteroatoms. The van der Waals surface area contributed by atoms with Gasteiger partial charge in [0.25, 0.3) is 10.0 Å². The molecule has 2 rings (SSSR count). The predicted molar refractivity (Wildman–Crippen MR) is 78.4 cm³/mol. The maximum atomic E-state index is 12.2. The SMILES string of the molecule is C[C@@H](NS(=O)(=O)c1[nH]ncc1C(=O)O)c1cccc(Br)c1. The predicted octanol–water partition coefficient (Wildman–Crippen LogP) is 1.91. The Hall–Kier alpha value is -1.71. The second kappa shape index (κ2) is 5.96. The lowest BCUT2D eigenvalue weighted by Gasteiger charge is -2.14. The van der Waals surface area contributed by atoms with Crippen LogP contribution in [-0.2, 0) is 10.0 Å². The van der Waals surface area contributed by atoms with Crippen molar-refractivity contribution in [2.45, 2.75) is 18.0 Å². The van der Waals surface area contributed by atoms with E-state index in [1.54, 1.807) is 25.1 Å². The number of sulfonamides is 1. The van der Waals surface area contributed by atoms with Crippen LogP contribution in [0.3, 0.4) is 0 Å². The fourth-order valence-electron chi connectivity index (χ4n) is 1.77. The second-order valence-electron chi connectivity index (χ2n) is 4.32. The number of aromatic nitrogens is 2. The Balaban J connectivity index is 2.29. The van der Waals surface area contributed by atoms with Gasteiger partial charge in [-0.1, -0.05) is 28.1 Å². The average molecular weight is 374 g/mol. The Labute approximate surface area is 129 Å². The van der Waals surface area contributed by atoms with Gasteiger partial charge < -0.3 is 5.11 Å². The fraction of sp³-hybridized carbons (Fsp3) is 0.167. The van der Waals surface area contributed by atoms with E-state index < -0.39 is 32.6 Å². The van der Waals surface area contributed by atoms with Crippen molar-refractivity contribution in [3.8, 4) is 0 Å². The van der Waals surface area contributed by atoms with Crippen LogP contribution < -0.4 is 4.72 Å². The molecule has 0 radical (unpaired) electrons. The van der Waals surface area contributed by atoms with E-state index in [9.17, 15) is 13.2 Å². The van der Waals surface area contributed by atoms with Gasteiger partial charge in [0.15, 0.2) is 5.03 Å². The number of aromatic carboxylic acids is 1. The van der Waals surface area contributed by atoms with Crippen LogP contribution in [0.25, 0.3) is 0 Å². The standard InChI is InChI=1S/C12H12BrN3O4S/c1-7(8-3-2-4-9(13)5-8)16-21(19,20)11-10(12(17)18)6-14-15-11/h2-7,16H,1H3,(H,14,15)(H,17,18)/t7-/m1/s1. The first kappa shape index (κ1) is 15.7. The summed E-state index contributed by atoms with van der Waals surface area (Å²) in [7, 11) is -4.02. The van der Waals surface area contributed by atoms with Crippen molar-refractivity contribution in [3.05, 3.63) is 46.1 Å². The second-order valence-corrected chi connectivity index (χ2v) is 6.88. The van der Waals surface area contributed by atoms with Crippen LogP contribution in [0.15, 0.2) is 40.0 Å². The Kier molecular flexibility index (Phi) is 4.45. The molecule has 0 fully saturated rings. The minimum atomic E-state index is -4.02. The number of carboxylic acid groups (broad SMARTS) is 1. The molecule has 1 heterocycles. The summed E-state index contributed by atoms with van der Waals surface area (Å²) in [6, 6.07) is 6.62. The van der Waals surface area contributed by atoms with Crippen LogP contribution in [-0.4, -0.2) is 29.7 Å². The van der Waals surface area contributed by atoms with E-state index in [0.717, 1.165) is 16.2 Å². The van der Waals surface area contributed by atoms with Crippen molar-refractivity contribution < 1.29 is 18.3 Å². The minimum absolute atomic E-state index is 0.399. The minimum Gasteiger partial charge on any atom is -0.478 e. The van der Waals surface area contributed by atoms with Crippen LogP contribution in [0.2, 0.25) is 0 Å². The topological polar surface area (TPSA) is 112 Å². The van der Waals surface area contributed by atoms with Crippen LogP contribution in [0.4, 0.5) is 0 Å². The van der Waals surface area contributed by atoms with Crippen molar-refractivity contribution in [1.29, 1.82) is 0 Å². The summed E-state index contributed by atoms with van der Waals surface area (Å²) >= 11 is 3.31. The number of nitrogens with zero attached hydrogens (tertiary/aromatic N) is 1. The average Bonchev–Trinajstić information content (AvgIpc) is 2.88. The molecule has 21 heavy (non-hydrogen) atoms. The molecule has 0 saturated carbocycles. The molecule has 0 aliphatic rings. The largest absolute Gasteiger partial charge is 0.478 e. The van der Waals surface area contributed by atoms with Gasteiger partial charge in [-0.3, -0.25) is 5.10 Å². The zero-order chi connectivity index (χ0) is 15.6. The van der Waals surface area contributed by atoms with Gasteiger partial charge in [0, 0.05) is 10.5 Å². The molecule has 0 aliphatic heterocycles. The Morgan fingerprint density at radius 3 is 2.81 bits per heavy atom. The molecule has 7 nitrogen and oxygen atoms in total. The van der Waals surface area contributed by atoms with Crippen LogP contribution in [0, 0.1) is 0 Å². The molecule has 1 aromatic carbocycles. The Bertz CT molecular complexity index is 772. The Morgan fingerprint density at radius 1 is 1.48 bits per heavy atom. The number of halogens is 1. The maximum Gasteiger partial charge on any atom is 0.340 e. The lowest BCUT2D eigenvalue weighted by atomic mass is 10.1. The number of carbonyl (C=O) groups is 1. The number of carboxylic acids is 1. The molecule has 1 atom stereocenters. The van der Waals surface area contributed by atoms with Crippen molar-refractivity contribution >= 4 is 31.9 Å². The van der Waals surface area contributed by atoms with Gasteiger partial charge in [0.05, 0.1) is 6.20 Å². The number of nitrogens with one attached hydrogen (secondary N) is 2. The van der Waals surface area contributed by atoms with E-state index in [1.807, 2.05) is 6.07 Å². The van der Waals surface area contributed by atoms with Gasteiger partial charge in [-0.2, -0.15) is 5.10 Å². The molecule has 3 N–H and O–H groups in total. The van der Waals surface area contributed by atoms with Gasteiger partial charge in [0.2, 0.25) is 0 Å². The van der Waals surface area contributed by atoms with Gasteiger partial charge in [-0.05, 0) is 24.6 Å². The smallest absolute Gasteiger partial charge is 0.340 e. The molecule has 0 unspecified atom stereocenters. The molecular weight excluding hydrogens is 362 g/mol. The van der Waals surface area contributed by atoms with E-state index in [2.05, 4.69) is 30.8 Å². The quantitative estimate of drug-likeness (QED) is 0.740. The van der Waals surface area contributed by atoms with E-state index in [-0.39, 0.29) is 0 Å². The highest BCUT2D eigenvalue weighted by Gasteiger charge is 2.26. The molecule has 0 aliphatic carbocycles. The zero-order valence-electron chi connectivity index (χ0n) is 10.9. The number of H-pyrrole nitrogens is 1.